The van der Waals surface area contributed by atoms with Crippen molar-refractivity contribution in [2.45, 2.75) is 76.2 Å². The van der Waals surface area contributed by atoms with E-state index >= 15 is 0 Å². The Balaban J connectivity index is 1.78. The van der Waals surface area contributed by atoms with Crippen LogP contribution in [0.1, 0.15) is 70.3 Å². The number of halogens is 1. The zero-order valence-corrected chi connectivity index (χ0v) is 14.0. The molecule has 3 unspecified atom stereocenters. The Morgan fingerprint density at radius 3 is 2.62 bits per heavy atom. The quantitative estimate of drug-likeness (QED) is 0.628. The van der Waals surface area contributed by atoms with Gasteiger partial charge in [-0.2, -0.15) is 0 Å². The summed E-state index contributed by atoms with van der Waals surface area (Å²) in [6.45, 7) is 4.52. The lowest BCUT2D eigenvalue weighted by Crippen LogP contribution is -2.58. The first-order valence-electron chi connectivity index (χ1n) is 8.57. The predicted molar refractivity (Wildman–Crippen MR) is 89.3 cm³/mol. The zero-order chi connectivity index (χ0) is 14.9. The minimum Gasteiger partial charge on any atom is -0.489 e. The van der Waals surface area contributed by atoms with E-state index in [4.69, 9.17) is 16.3 Å². The third-order valence-corrected chi connectivity index (χ3v) is 6.41. The fourth-order valence-electron chi connectivity index (χ4n) is 4.08. The van der Waals surface area contributed by atoms with Crippen LogP contribution in [0, 0.1) is 5.41 Å². The molecule has 0 aromatic heterocycles. The van der Waals surface area contributed by atoms with Crippen LogP contribution >= 0.6 is 11.6 Å². The highest BCUT2D eigenvalue weighted by molar-refractivity contribution is 6.21. The SMILES string of the molecule is CCC(C)c1ccccc1OC1CC(Cl)C12CCCCC2. The maximum atomic E-state index is 6.60. The van der Waals surface area contributed by atoms with Crippen molar-refractivity contribution in [1.29, 1.82) is 0 Å². The first kappa shape index (κ1) is 15.2. The lowest BCUT2D eigenvalue weighted by Gasteiger charge is -2.55. The molecule has 2 aliphatic carbocycles. The molecule has 1 aromatic carbocycles. The van der Waals surface area contributed by atoms with Gasteiger partial charge in [0.1, 0.15) is 11.9 Å². The van der Waals surface area contributed by atoms with Gasteiger partial charge in [0.2, 0.25) is 0 Å². The molecule has 0 saturated heterocycles. The predicted octanol–water partition coefficient (Wildman–Crippen LogP) is 5.91. The molecule has 3 rings (SSSR count). The van der Waals surface area contributed by atoms with E-state index < -0.39 is 0 Å². The van der Waals surface area contributed by atoms with Crippen molar-refractivity contribution >= 4 is 11.6 Å². The lowest BCUT2D eigenvalue weighted by atomic mass is 9.58. The van der Waals surface area contributed by atoms with Crippen LogP contribution in [0.15, 0.2) is 24.3 Å². The van der Waals surface area contributed by atoms with Gasteiger partial charge in [-0.05, 0) is 36.8 Å². The van der Waals surface area contributed by atoms with Gasteiger partial charge in [0, 0.05) is 17.2 Å². The molecule has 0 radical (unpaired) electrons. The number of ether oxygens (including phenoxy) is 1. The Hall–Kier alpha value is -0.690. The Labute approximate surface area is 134 Å². The van der Waals surface area contributed by atoms with Crippen LogP contribution in [-0.4, -0.2) is 11.5 Å². The smallest absolute Gasteiger partial charge is 0.123 e. The van der Waals surface area contributed by atoms with Crippen molar-refractivity contribution in [2.24, 2.45) is 5.41 Å². The molecule has 1 spiro atoms. The standard InChI is InChI=1S/C19H27ClO/c1-3-14(2)15-9-5-6-10-16(15)21-18-13-17(20)19(18)11-7-4-8-12-19/h5-6,9-10,14,17-18H,3-4,7-8,11-13H2,1-2H3. The van der Waals surface area contributed by atoms with Crippen LogP contribution in [-0.2, 0) is 0 Å². The molecule has 2 saturated carbocycles. The Bertz CT molecular complexity index is 478. The van der Waals surface area contributed by atoms with Crippen LogP contribution in [0.2, 0.25) is 0 Å². The van der Waals surface area contributed by atoms with Crippen LogP contribution in [0.4, 0.5) is 0 Å². The summed E-state index contributed by atoms with van der Waals surface area (Å²) >= 11 is 6.60. The van der Waals surface area contributed by atoms with Crippen LogP contribution in [0.5, 0.6) is 5.75 Å². The van der Waals surface area contributed by atoms with E-state index in [1.807, 2.05) is 0 Å². The summed E-state index contributed by atoms with van der Waals surface area (Å²) in [7, 11) is 0. The van der Waals surface area contributed by atoms with Gasteiger partial charge in [0.25, 0.3) is 0 Å². The second-order valence-electron chi connectivity index (χ2n) is 6.95. The van der Waals surface area contributed by atoms with E-state index in [2.05, 4.69) is 38.1 Å². The summed E-state index contributed by atoms with van der Waals surface area (Å²) in [5.41, 5.74) is 1.60. The molecule has 1 aromatic rings. The summed E-state index contributed by atoms with van der Waals surface area (Å²) in [6.07, 6.45) is 8.97. The maximum absolute atomic E-state index is 6.60. The molecular weight excluding hydrogens is 280 g/mol. The molecule has 0 bridgehead atoms. The average molecular weight is 307 g/mol. The van der Waals surface area contributed by atoms with Gasteiger partial charge in [0.05, 0.1) is 0 Å². The molecule has 2 fully saturated rings. The molecule has 116 valence electrons. The molecule has 2 heteroatoms. The number of benzene rings is 1. The molecule has 21 heavy (non-hydrogen) atoms. The summed E-state index contributed by atoms with van der Waals surface area (Å²) in [4.78, 5) is 0. The van der Waals surface area contributed by atoms with E-state index in [1.54, 1.807) is 0 Å². The van der Waals surface area contributed by atoms with Gasteiger partial charge in [-0.1, -0.05) is 51.3 Å². The molecule has 1 nitrogen and oxygen atoms in total. The summed E-state index contributed by atoms with van der Waals surface area (Å²) in [5.74, 6) is 1.64. The molecular formula is C19H27ClO. The minimum absolute atomic E-state index is 0.252. The number of rotatable bonds is 4. The topological polar surface area (TPSA) is 9.23 Å². The van der Waals surface area contributed by atoms with Crippen LogP contribution in [0.25, 0.3) is 0 Å². The second kappa shape index (κ2) is 6.20. The van der Waals surface area contributed by atoms with Crippen molar-refractivity contribution < 1.29 is 4.74 Å². The maximum Gasteiger partial charge on any atom is 0.123 e. The number of para-hydroxylation sites is 1. The third-order valence-electron chi connectivity index (χ3n) is 5.80. The van der Waals surface area contributed by atoms with E-state index in [9.17, 15) is 0 Å². The first-order chi connectivity index (χ1) is 10.2. The lowest BCUT2D eigenvalue weighted by molar-refractivity contribution is -0.0655. The van der Waals surface area contributed by atoms with E-state index in [-0.39, 0.29) is 5.41 Å². The fourth-order valence-corrected chi connectivity index (χ4v) is 4.60. The molecule has 0 aliphatic heterocycles. The van der Waals surface area contributed by atoms with E-state index in [1.165, 1.54) is 37.7 Å². The molecule has 0 heterocycles. The average Bonchev–Trinajstić information content (AvgIpc) is 2.55. The van der Waals surface area contributed by atoms with E-state index in [0.29, 0.717) is 17.4 Å². The van der Waals surface area contributed by atoms with Gasteiger partial charge in [-0.25, -0.2) is 0 Å². The highest BCUT2D eigenvalue weighted by atomic mass is 35.5. The monoisotopic (exact) mass is 306 g/mol. The minimum atomic E-state index is 0.252. The molecule has 3 atom stereocenters. The normalized spacial score (nSPS) is 28.9. The Morgan fingerprint density at radius 2 is 1.95 bits per heavy atom. The zero-order valence-electron chi connectivity index (χ0n) is 13.3. The highest BCUT2D eigenvalue weighted by Gasteiger charge is 2.55. The number of alkyl halides is 1. The molecule has 0 N–H and O–H groups in total. The van der Waals surface area contributed by atoms with Gasteiger partial charge < -0.3 is 4.74 Å². The van der Waals surface area contributed by atoms with Gasteiger partial charge >= 0.3 is 0 Å². The summed E-state index contributed by atoms with van der Waals surface area (Å²) in [6, 6.07) is 8.56. The van der Waals surface area contributed by atoms with E-state index in [0.717, 1.165) is 18.6 Å². The third kappa shape index (κ3) is 2.70. The van der Waals surface area contributed by atoms with Crippen LogP contribution in [0.3, 0.4) is 0 Å². The van der Waals surface area contributed by atoms with Gasteiger partial charge in [-0.15, -0.1) is 11.6 Å². The van der Waals surface area contributed by atoms with Crippen molar-refractivity contribution in [3.8, 4) is 5.75 Å². The highest BCUT2D eigenvalue weighted by Crippen LogP contribution is 2.56. The largest absolute Gasteiger partial charge is 0.489 e. The summed E-state index contributed by atoms with van der Waals surface area (Å²) in [5, 5.41) is 0.318. The van der Waals surface area contributed by atoms with Crippen LogP contribution < -0.4 is 4.74 Å². The van der Waals surface area contributed by atoms with Crippen molar-refractivity contribution in [3.05, 3.63) is 29.8 Å². The van der Waals surface area contributed by atoms with Crippen molar-refractivity contribution in [1.82, 2.24) is 0 Å². The Kier molecular flexibility index (Phi) is 4.49. The van der Waals surface area contributed by atoms with Gasteiger partial charge in [0.15, 0.2) is 0 Å². The van der Waals surface area contributed by atoms with Crippen molar-refractivity contribution in [2.75, 3.05) is 0 Å². The fraction of sp³-hybridized carbons (Fsp3) is 0.684. The number of hydrogen-bond donors (Lipinski definition) is 0. The summed E-state index contributed by atoms with van der Waals surface area (Å²) < 4.78 is 6.48. The first-order valence-corrected chi connectivity index (χ1v) is 9.00. The second-order valence-corrected chi connectivity index (χ2v) is 7.48. The van der Waals surface area contributed by atoms with Crippen molar-refractivity contribution in [3.63, 3.8) is 0 Å². The molecule has 0 amide bonds. The molecule has 2 aliphatic rings. The van der Waals surface area contributed by atoms with Gasteiger partial charge in [-0.3, -0.25) is 0 Å². The number of hydrogen-bond acceptors (Lipinski definition) is 1. The Morgan fingerprint density at radius 1 is 1.24 bits per heavy atom.